The zero-order valence-corrected chi connectivity index (χ0v) is 13.5. The maximum absolute atomic E-state index is 5.61. The Morgan fingerprint density at radius 1 is 1.10 bits per heavy atom. The Morgan fingerprint density at radius 2 is 1.76 bits per heavy atom. The summed E-state index contributed by atoms with van der Waals surface area (Å²) in [5.74, 6) is 1.86. The summed E-state index contributed by atoms with van der Waals surface area (Å²) < 4.78 is 5.61. The minimum atomic E-state index is 0.0435. The van der Waals surface area contributed by atoms with E-state index in [0.29, 0.717) is 29.9 Å². The SMILES string of the molecule is CCNc1nc(NC(C)C2CCCC2)nc(OC(C)C)n1. The summed E-state index contributed by atoms with van der Waals surface area (Å²) in [5.41, 5.74) is 0. The van der Waals surface area contributed by atoms with Gasteiger partial charge in [-0.1, -0.05) is 12.8 Å². The minimum Gasteiger partial charge on any atom is -0.461 e. The van der Waals surface area contributed by atoms with E-state index in [2.05, 4.69) is 32.5 Å². The first-order valence-electron chi connectivity index (χ1n) is 8.01. The lowest BCUT2D eigenvalue weighted by Gasteiger charge is -2.20. The van der Waals surface area contributed by atoms with E-state index in [1.165, 1.54) is 25.7 Å². The molecule has 0 amide bonds. The number of ether oxygens (including phenoxy) is 1. The van der Waals surface area contributed by atoms with Gasteiger partial charge in [0.1, 0.15) is 0 Å². The summed E-state index contributed by atoms with van der Waals surface area (Å²) in [6, 6.07) is 0.744. The van der Waals surface area contributed by atoms with Gasteiger partial charge in [-0.05, 0) is 46.5 Å². The van der Waals surface area contributed by atoms with Gasteiger partial charge in [-0.25, -0.2) is 0 Å². The first-order valence-corrected chi connectivity index (χ1v) is 8.01. The maximum atomic E-state index is 5.61. The first-order chi connectivity index (χ1) is 10.1. The van der Waals surface area contributed by atoms with E-state index in [9.17, 15) is 0 Å². The van der Waals surface area contributed by atoms with Crippen LogP contribution in [0.15, 0.2) is 0 Å². The van der Waals surface area contributed by atoms with Crippen LogP contribution in [0.3, 0.4) is 0 Å². The van der Waals surface area contributed by atoms with Crippen LogP contribution in [-0.2, 0) is 0 Å². The highest BCUT2D eigenvalue weighted by molar-refractivity contribution is 5.36. The van der Waals surface area contributed by atoms with Gasteiger partial charge in [-0.3, -0.25) is 0 Å². The summed E-state index contributed by atoms with van der Waals surface area (Å²) in [4.78, 5) is 13.1. The zero-order valence-electron chi connectivity index (χ0n) is 13.5. The van der Waals surface area contributed by atoms with Gasteiger partial charge in [0.2, 0.25) is 11.9 Å². The van der Waals surface area contributed by atoms with Gasteiger partial charge in [0.05, 0.1) is 6.10 Å². The number of nitrogens with zero attached hydrogens (tertiary/aromatic N) is 3. The largest absolute Gasteiger partial charge is 0.461 e. The van der Waals surface area contributed by atoms with Crippen molar-refractivity contribution in [2.45, 2.75) is 65.5 Å². The van der Waals surface area contributed by atoms with Crippen LogP contribution in [0.5, 0.6) is 6.01 Å². The lowest BCUT2D eigenvalue weighted by Crippen LogP contribution is -2.25. The topological polar surface area (TPSA) is 72.0 Å². The summed E-state index contributed by atoms with van der Waals surface area (Å²) in [6.45, 7) is 8.91. The molecule has 6 heteroatoms. The number of hydrogen-bond donors (Lipinski definition) is 2. The van der Waals surface area contributed by atoms with Gasteiger partial charge in [0, 0.05) is 12.6 Å². The second kappa shape index (κ2) is 7.43. The molecule has 2 N–H and O–H groups in total. The number of hydrogen-bond acceptors (Lipinski definition) is 6. The third-order valence-corrected chi connectivity index (χ3v) is 3.75. The van der Waals surface area contributed by atoms with Crippen molar-refractivity contribution in [3.05, 3.63) is 0 Å². The molecule has 1 fully saturated rings. The molecule has 1 aliphatic carbocycles. The van der Waals surface area contributed by atoms with Crippen LogP contribution in [-0.4, -0.2) is 33.6 Å². The molecule has 6 nitrogen and oxygen atoms in total. The Labute approximate surface area is 127 Å². The second-order valence-electron chi connectivity index (χ2n) is 5.94. The molecule has 1 unspecified atom stereocenters. The molecule has 0 radical (unpaired) electrons. The number of rotatable bonds is 7. The monoisotopic (exact) mass is 293 g/mol. The Bertz CT molecular complexity index is 446. The molecule has 1 aromatic rings. The molecule has 0 aliphatic heterocycles. The van der Waals surface area contributed by atoms with Gasteiger partial charge in [0.25, 0.3) is 0 Å². The Balaban J connectivity index is 2.10. The van der Waals surface area contributed by atoms with Crippen LogP contribution >= 0.6 is 0 Å². The molecule has 0 bridgehead atoms. The summed E-state index contributed by atoms with van der Waals surface area (Å²) >= 11 is 0. The van der Waals surface area contributed by atoms with E-state index in [4.69, 9.17) is 4.74 Å². The van der Waals surface area contributed by atoms with Crippen LogP contribution in [0.4, 0.5) is 11.9 Å². The number of anilines is 2. The zero-order chi connectivity index (χ0) is 15.2. The lowest BCUT2D eigenvalue weighted by atomic mass is 10.0. The second-order valence-corrected chi connectivity index (χ2v) is 5.94. The number of aromatic nitrogens is 3. The smallest absolute Gasteiger partial charge is 0.323 e. The molecular weight excluding hydrogens is 266 g/mol. The fourth-order valence-corrected chi connectivity index (χ4v) is 2.70. The van der Waals surface area contributed by atoms with E-state index >= 15 is 0 Å². The highest BCUT2D eigenvalue weighted by Crippen LogP contribution is 2.29. The minimum absolute atomic E-state index is 0.0435. The lowest BCUT2D eigenvalue weighted by molar-refractivity contribution is 0.222. The molecule has 1 saturated carbocycles. The summed E-state index contributed by atoms with van der Waals surface area (Å²) in [5, 5.41) is 6.54. The van der Waals surface area contributed by atoms with Gasteiger partial charge < -0.3 is 15.4 Å². The van der Waals surface area contributed by atoms with E-state index in [1.54, 1.807) is 0 Å². The molecular formula is C15H27N5O. The van der Waals surface area contributed by atoms with Crippen molar-refractivity contribution >= 4 is 11.9 Å². The molecule has 1 atom stereocenters. The fraction of sp³-hybridized carbons (Fsp3) is 0.800. The molecule has 21 heavy (non-hydrogen) atoms. The van der Waals surface area contributed by atoms with Crippen molar-refractivity contribution in [2.75, 3.05) is 17.2 Å². The number of nitrogens with one attached hydrogen (secondary N) is 2. The Hall–Kier alpha value is -1.59. The van der Waals surface area contributed by atoms with Crippen molar-refractivity contribution in [3.8, 4) is 6.01 Å². The molecule has 1 aliphatic rings. The molecule has 118 valence electrons. The van der Waals surface area contributed by atoms with E-state index in [-0.39, 0.29) is 6.10 Å². The third kappa shape index (κ3) is 4.72. The van der Waals surface area contributed by atoms with Gasteiger partial charge in [-0.15, -0.1) is 0 Å². The Morgan fingerprint density at radius 3 is 2.38 bits per heavy atom. The van der Waals surface area contributed by atoms with Crippen LogP contribution in [0.25, 0.3) is 0 Å². The van der Waals surface area contributed by atoms with Crippen molar-refractivity contribution < 1.29 is 4.74 Å². The molecule has 0 aromatic carbocycles. The van der Waals surface area contributed by atoms with Crippen LogP contribution < -0.4 is 15.4 Å². The fourth-order valence-electron chi connectivity index (χ4n) is 2.70. The molecule has 0 saturated heterocycles. The highest BCUT2D eigenvalue weighted by Gasteiger charge is 2.22. The van der Waals surface area contributed by atoms with Crippen LogP contribution in [0, 0.1) is 5.92 Å². The molecule has 1 aromatic heterocycles. The van der Waals surface area contributed by atoms with Crippen molar-refractivity contribution in [1.82, 2.24) is 15.0 Å². The average molecular weight is 293 g/mol. The highest BCUT2D eigenvalue weighted by atomic mass is 16.5. The predicted octanol–water partition coefficient (Wildman–Crippen LogP) is 3.08. The first kappa shape index (κ1) is 15.8. The van der Waals surface area contributed by atoms with Crippen molar-refractivity contribution in [2.24, 2.45) is 5.92 Å². The van der Waals surface area contributed by atoms with Crippen LogP contribution in [0.2, 0.25) is 0 Å². The third-order valence-electron chi connectivity index (χ3n) is 3.75. The van der Waals surface area contributed by atoms with Gasteiger partial charge in [0.15, 0.2) is 0 Å². The standard InChI is InChI=1S/C15H27N5O/c1-5-16-13-18-14(20-15(19-13)21-10(2)3)17-11(4)12-8-6-7-9-12/h10-12H,5-9H2,1-4H3,(H2,16,17,18,19,20). The normalized spacial score (nSPS) is 17.0. The molecule has 2 rings (SSSR count). The van der Waals surface area contributed by atoms with Gasteiger partial charge in [-0.2, -0.15) is 15.0 Å². The van der Waals surface area contributed by atoms with E-state index < -0.39 is 0 Å². The van der Waals surface area contributed by atoms with Crippen molar-refractivity contribution in [3.63, 3.8) is 0 Å². The molecule has 1 heterocycles. The quantitative estimate of drug-likeness (QED) is 0.805. The van der Waals surface area contributed by atoms with E-state index in [0.717, 1.165) is 6.54 Å². The summed E-state index contributed by atoms with van der Waals surface area (Å²) in [7, 11) is 0. The molecule has 0 spiro atoms. The predicted molar refractivity (Wildman–Crippen MR) is 84.8 cm³/mol. The van der Waals surface area contributed by atoms with Gasteiger partial charge >= 0.3 is 6.01 Å². The Kier molecular flexibility index (Phi) is 5.59. The summed E-state index contributed by atoms with van der Waals surface area (Å²) in [6.07, 6.45) is 5.28. The van der Waals surface area contributed by atoms with Crippen LogP contribution in [0.1, 0.15) is 53.4 Å². The maximum Gasteiger partial charge on any atom is 0.323 e. The van der Waals surface area contributed by atoms with Crippen molar-refractivity contribution in [1.29, 1.82) is 0 Å². The average Bonchev–Trinajstić information content (AvgIpc) is 2.91. The van der Waals surface area contributed by atoms with E-state index in [1.807, 2.05) is 20.8 Å².